The van der Waals surface area contributed by atoms with E-state index in [1.165, 1.54) is 64.2 Å². The number of methoxy groups -OCH3 is 1. The van der Waals surface area contributed by atoms with Crippen LogP contribution in [-0.2, 0) is 0 Å². The minimum absolute atomic E-state index is 0.0184. The number of nitrogens with one attached hydrogen (secondary N) is 1. The van der Waals surface area contributed by atoms with Crippen LogP contribution in [0.15, 0.2) is 103 Å². The molecule has 0 aliphatic carbocycles. The second-order valence-corrected chi connectivity index (χ2v) is 11.2. The maximum atomic E-state index is 10.5. The first-order chi connectivity index (χ1) is 20.7. The normalized spacial score (nSPS) is 15.2. The average molecular weight is 561 g/mol. The number of fused-ring (bicyclic) bond motifs is 3. The van der Waals surface area contributed by atoms with Gasteiger partial charge in [0.1, 0.15) is 24.2 Å². The molecule has 0 bridgehead atoms. The quantitative estimate of drug-likeness (QED) is 0.102. The molecule has 1 fully saturated rings. The molecule has 42 heavy (non-hydrogen) atoms. The highest BCUT2D eigenvalue weighted by Crippen LogP contribution is 2.40. The highest BCUT2D eigenvalue weighted by Gasteiger charge is 2.21. The number of hydrogen-bond acceptors (Lipinski definition) is 5. The number of likely N-dealkylation sites (tertiary alicyclic amines) is 1. The van der Waals surface area contributed by atoms with Gasteiger partial charge in [-0.3, -0.25) is 0 Å². The average Bonchev–Trinajstić information content (AvgIpc) is 3.57. The van der Waals surface area contributed by atoms with Gasteiger partial charge < -0.3 is 24.8 Å². The molecular formula is C37H40N2O3. The van der Waals surface area contributed by atoms with E-state index >= 15 is 0 Å². The smallest absolute Gasteiger partial charge is 0.119 e. The van der Waals surface area contributed by atoms with E-state index in [9.17, 15) is 5.11 Å². The number of aliphatic hydroxyl groups excluding tert-OH is 1. The number of hydrogen-bond donors (Lipinski definition) is 2. The van der Waals surface area contributed by atoms with Crippen LogP contribution in [0, 0.1) is 0 Å². The maximum absolute atomic E-state index is 10.5. The molecule has 1 saturated heterocycles. The van der Waals surface area contributed by atoms with Crippen molar-refractivity contribution in [3.8, 4) is 11.5 Å². The van der Waals surface area contributed by atoms with E-state index < -0.39 is 6.10 Å². The summed E-state index contributed by atoms with van der Waals surface area (Å²) in [6.07, 6.45) is 2.04. The molecule has 2 N–H and O–H groups in total. The molecule has 5 nitrogen and oxygen atoms in total. The van der Waals surface area contributed by atoms with Gasteiger partial charge in [-0.25, -0.2) is 0 Å². The van der Waals surface area contributed by atoms with Crippen LogP contribution >= 0.6 is 0 Å². The number of aliphatic hydroxyl groups is 1. The van der Waals surface area contributed by atoms with Crippen LogP contribution < -0.4 is 14.8 Å². The maximum Gasteiger partial charge on any atom is 0.119 e. The minimum Gasteiger partial charge on any atom is -0.497 e. The summed E-state index contributed by atoms with van der Waals surface area (Å²) in [7, 11) is 1.70. The Morgan fingerprint density at radius 3 is 2.07 bits per heavy atom. The zero-order valence-corrected chi connectivity index (χ0v) is 24.3. The fourth-order valence-electron chi connectivity index (χ4n) is 6.19. The lowest BCUT2D eigenvalue weighted by Crippen LogP contribution is -2.36. The molecule has 1 aliphatic rings. The van der Waals surface area contributed by atoms with Crippen LogP contribution in [0.1, 0.15) is 35.4 Å². The van der Waals surface area contributed by atoms with Crippen LogP contribution in [0.5, 0.6) is 11.5 Å². The summed E-state index contributed by atoms with van der Waals surface area (Å²) in [6, 6.07) is 36.3. The Morgan fingerprint density at radius 2 is 1.38 bits per heavy atom. The van der Waals surface area contributed by atoms with Crippen molar-refractivity contribution >= 4 is 21.5 Å². The SMILES string of the molecule is COc1ccc(C(c2ccc(OCC(O)CNCCN3CCCC3)cc2)c2cc3ccccc3c3ccccc23)cc1. The Labute approximate surface area is 248 Å². The molecule has 5 aromatic rings. The molecule has 1 aliphatic heterocycles. The second-order valence-electron chi connectivity index (χ2n) is 11.2. The van der Waals surface area contributed by atoms with Gasteiger partial charge in [-0.15, -0.1) is 0 Å². The molecule has 0 saturated carbocycles. The van der Waals surface area contributed by atoms with E-state index in [-0.39, 0.29) is 12.5 Å². The van der Waals surface area contributed by atoms with Gasteiger partial charge in [0.15, 0.2) is 0 Å². The first-order valence-corrected chi connectivity index (χ1v) is 15.1. The zero-order chi connectivity index (χ0) is 28.7. The third-order valence-corrected chi connectivity index (χ3v) is 8.40. The number of ether oxygens (including phenoxy) is 2. The monoisotopic (exact) mass is 560 g/mol. The summed E-state index contributed by atoms with van der Waals surface area (Å²) in [6.45, 7) is 5.10. The standard InChI is InChI=1S/C37H40N2O3/c1-41-31-16-12-27(13-17-31)37(36-24-29-8-2-3-9-33(29)34-10-4-5-11-35(34)36)28-14-18-32(19-15-28)42-26-30(40)25-38-20-23-39-21-6-7-22-39/h2-5,8-19,24,30,37-38,40H,6-7,20-23,25-26H2,1H3. The lowest BCUT2D eigenvalue weighted by molar-refractivity contribution is 0.106. The van der Waals surface area contributed by atoms with Crippen molar-refractivity contribution in [3.63, 3.8) is 0 Å². The van der Waals surface area contributed by atoms with Gasteiger partial charge in [0, 0.05) is 25.6 Å². The molecule has 0 amide bonds. The van der Waals surface area contributed by atoms with E-state index in [2.05, 4.69) is 89.1 Å². The molecule has 0 aromatic heterocycles. The van der Waals surface area contributed by atoms with Gasteiger partial charge in [-0.05, 0) is 94.5 Å². The first-order valence-electron chi connectivity index (χ1n) is 15.1. The minimum atomic E-state index is -0.556. The van der Waals surface area contributed by atoms with Crippen LogP contribution in [0.4, 0.5) is 0 Å². The molecule has 6 rings (SSSR count). The van der Waals surface area contributed by atoms with E-state index in [1.54, 1.807) is 7.11 Å². The van der Waals surface area contributed by atoms with Gasteiger partial charge in [0.25, 0.3) is 0 Å². The molecule has 2 unspecified atom stereocenters. The highest BCUT2D eigenvalue weighted by molar-refractivity contribution is 6.09. The predicted octanol–water partition coefficient (Wildman–Crippen LogP) is 6.61. The van der Waals surface area contributed by atoms with Crippen LogP contribution in [0.3, 0.4) is 0 Å². The summed E-state index contributed by atoms with van der Waals surface area (Å²) in [5.74, 6) is 1.62. The molecule has 0 spiro atoms. The van der Waals surface area contributed by atoms with E-state index in [1.807, 2.05) is 24.3 Å². The molecule has 1 heterocycles. The fourth-order valence-corrected chi connectivity index (χ4v) is 6.19. The Bertz CT molecular complexity index is 1590. The van der Waals surface area contributed by atoms with Crippen molar-refractivity contribution in [2.24, 2.45) is 0 Å². The number of rotatable bonds is 12. The van der Waals surface area contributed by atoms with Crippen molar-refractivity contribution in [3.05, 3.63) is 120 Å². The highest BCUT2D eigenvalue weighted by atomic mass is 16.5. The van der Waals surface area contributed by atoms with Gasteiger partial charge in [-0.1, -0.05) is 72.8 Å². The molecular weight excluding hydrogens is 520 g/mol. The van der Waals surface area contributed by atoms with Gasteiger partial charge in [0.2, 0.25) is 0 Å². The van der Waals surface area contributed by atoms with Crippen molar-refractivity contribution in [2.45, 2.75) is 24.9 Å². The lowest BCUT2D eigenvalue weighted by Gasteiger charge is -2.23. The van der Waals surface area contributed by atoms with Crippen LogP contribution in [0.25, 0.3) is 21.5 Å². The molecule has 5 aromatic carbocycles. The van der Waals surface area contributed by atoms with E-state index in [0.717, 1.165) is 24.6 Å². The van der Waals surface area contributed by atoms with Crippen molar-refractivity contribution < 1.29 is 14.6 Å². The Morgan fingerprint density at radius 1 is 0.762 bits per heavy atom. The first kappa shape index (κ1) is 28.2. The molecule has 2 atom stereocenters. The summed E-state index contributed by atoms with van der Waals surface area (Å²) >= 11 is 0. The third kappa shape index (κ3) is 6.44. The zero-order valence-electron chi connectivity index (χ0n) is 24.3. The van der Waals surface area contributed by atoms with Crippen molar-refractivity contribution in [2.75, 3.05) is 46.4 Å². The van der Waals surface area contributed by atoms with Crippen molar-refractivity contribution in [1.29, 1.82) is 0 Å². The Balaban J connectivity index is 1.23. The molecule has 5 heteroatoms. The summed E-state index contributed by atoms with van der Waals surface area (Å²) in [4.78, 5) is 2.47. The van der Waals surface area contributed by atoms with Crippen LogP contribution in [0.2, 0.25) is 0 Å². The number of nitrogens with zero attached hydrogens (tertiary/aromatic N) is 1. The van der Waals surface area contributed by atoms with Gasteiger partial charge in [-0.2, -0.15) is 0 Å². The largest absolute Gasteiger partial charge is 0.497 e. The summed E-state index contributed by atoms with van der Waals surface area (Å²) < 4.78 is 11.4. The summed E-state index contributed by atoms with van der Waals surface area (Å²) in [5.41, 5.74) is 3.64. The predicted molar refractivity (Wildman–Crippen MR) is 172 cm³/mol. The third-order valence-electron chi connectivity index (χ3n) is 8.40. The van der Waals surface area contributed by atoms with E-state index in [0.29, 0.717) is 6.54 Å². The lowest BCUT2D eigenvalue weighted by atomic mass is 9.81. The van der Waals surface area contributed by atoms with Gasteiger partial charge in [0.05, 0.1) is 7.11 Å². The second kappa shape index (κ2) is 13.4. The van der Waals surface area contributed by atoms with E-state index in [4.69, 9.17) is 9.47 Å². The van der Waals surface area contributed by atoms with Crippen molar-refractivity contribution in [1.82, 2.24) is 10.2 Å². The molecule has 0 radical (unpaired) electrons. The fraction of sp³-hybridized carbons (Fsp3) is 0.297. The number of benzene rings is 5. The summed E-state index contributed by atoms with van der Waals surface area (Å²) in [5, 5.41) is 18.8. The Kier molecular flexibility index (Phi) is 9.00. The van der Waals surface area contributed by atoms with Crippen LogP contribution in [-0.4, -0.2) is 62.6 Å². The topological polar surface area (TPSA) is 54.0 Å². The molecule has 216 valence electrons. The van der Waals surface area contributed by atoms with Gasteiger partial charge >= 0.3 is 0 Å². The Hall–Kier alpha value is -3.90.